The largest absolute Gasteiger partial charge is 0.375 e. The number of anilines is 2. The van der Waals surface area contributed by atoms with Gasteiger partial charge in [0.2, 0.25) is 5.91 Å². The number of carbonyl (C=O) groups is 1. The molecule has 0 spiro atoms. The predicted octanol–water partition coefficient (Wildman–Crippen LogP) is 2.10. The van der Waals surface area contributed by atoms with E-state index in [0.717, 1.165) is 5.56 Å². The van der Waals surface area contributed by atoms with Crippen LogP contribution < -0.4 is 10.6 Å². The van der Waals surface area contributed by atoms with E-state index in [1.54, 1.807) is 18.5 Å². The minimum absolute atomic E-state index is 0.0284. The Morgan fingerprint density at radius 2 is 2.10 bits per heavy atom. The summed E-state index contributed by atoms with van der Waals surface area (Å²) in [5, 5.41) is 16.9. The summed E-state index contributed by atoms with van der Waals surface area (Å²) in [6.45, 7) is 0.441. The molecule has 2 aromatic rings. The number of nitro groups is 1. The zero-order valence-electron chi connectivity index (χ0n) is 11.0. The fraction of sp³-hybridized carbons (Fsp3) is 0.143. The van der Waals surface area contributed by atoms with Crippen molar-refractivity contribution in [2.45, 2.75) is 13.0 Å². The molecule has 21 heavy (non-hydrogen) atoms. The Labute approximate surface area is 120 Å². The number of aromatic nitrogens is 1. The van der Waals surface area contributed by atoms with E-state index in [1.807, 2.05) is 12.1 Å². The number of hydrogen-bond acceptors (Lipinski definition) is 5. The van der Waals surface area contributed by atoms with E-state index in [0.29, 0.717) is 23.5 Å². The first-order chi connectivity index (χ1) is 10.1. The molecule has 0 fully saturated rings. The van der Waals surface area contributed by atoms with Crippen LogP contribution in [-0.4, -0.2) is 15.8 Å². The molecule has 0 aliphatic carbocycles. The van der Waals surface area contributed by atoms with Crippen molar-refractivity contribution >= 4 is 23.0 Å². The molecular weight excluding hydrogens is 272 g/mol. The smallest absolute Gasteiger partial charge is 0.292 e. The van der Waals surface area contributed by atoms with Gasteiger partial charge in [0.05, 0.1) is 11.3 Å². The zero-order chi connectivity index (χ0) is 14.8. The standard InChI is InChI=1S/C14H12N4O3/c19-14-6-10-5-13(18(20)21)12(7-11(10)17-14)16-8-9-1-3-15-4-2-9/h1-5,7,16H,6,8H2,(H,17,19). The van der Waals surface area contributed by atoms with E-state index < -0.39 is 4.92 Å². The van der Waals surface area contributed by atoms with Crippen molar-refractivity contribution in [2.75, 3.05) is 10.6 Å². The molecule has 1 aromatic carbocycles. The fourth-order valence-electron chi connectivity index (χ4n) is 2.25. The van der Waals surface area contributed by atoms with Gasteiger partial charge in [-0.25, -0.2) is 0 Å². The lowest BCUT2D eigenvalue weighted by Crippen LogP contribution is -2.04. The van der Waals surface area contributed by atoms with Gasteiger partial charge >= 0.3 is 0 Å². The van der Waals surface area contributed by atoms with Crippen LogP contribution in [0.25, 0.3) is 0 Å². The molecule has 0 bridgehead atoms. The number of rotatable bonds is 4. The molecule has 106 valence electrons. The number of pyridine rings is 1. The fourth-order valence-corrected chi connectivity index (χ4v) is 2.25. The van der Waals surface area contributed by atoms with Crippen LogP contribution in [0, 0.1) is 10.1 Å². The highest BCUT2D eigenvalue weighted by atomic mass is 16.6. The van der Waals surface area contributed by atoms with Gasteiger partial charge in [-0.1, -0.05) is 0 Å². The zero-order valence-corrected chi connectivity index (χ0v) is 11.0. The van der Waals surface area contributed by atoms with Crippen molar-refractivity contribution in [3.05, 3.63) is 57.9 Å². The molecule has 0 saturated carbocycles. The summed E-state index contributed by atoms with van der Waals surface area (Å²) in [4.78, 5) is 26.0. The SMILES string of the molecule is O=C1Cc2cc([N+](=O)[O-])c(NCc3ccncc3)cc2N1. The van der Waals surface area contributed by atoms with Gasteiger partial charge in [0, 0.05) is 30.7 Å². The summed E-state index contributed by atoms with van der Waals surface area (Å²) in [5.41, 5.74) is 2.60. The lowest BCUT2D eigenvalue weighted by atomic mass is 10.1. The Balaban J connectivity index is 1.88. The number of amides is 1. The van der Waals surface area contributed by atoms with Gasteiger partial charge in [-0.05, 0) is 29.3 Å². The maximum absolute atomic E-state index is 11.4. The van der Waals surface area contributed by atoms with Crippen molar-refractivity contribution < 1.29 is 9.72 Å². The van der Waals surface area contributed by atoms with Crippen molar-refractivity contribution in [2.24, 2.45) is 0 Å². The van der Waals surface area contributed by atoms with Crippen LogP contribution in [0.5, 0.6) is 0 Å². The summed E-state index contributed by atoms with van der Waals surface area (Å²) < 4.78 is 0. The predicted molar refractivity (Wildman–Crippen MR) is 77.0 cm³/mol. The molecule has 3 rings (SSSR count). The first kappa shape index (κ1) is 13.0. The van der Waals surface area contributed by atoms with Crippen LogP contribution in [0.3, 0.4) is 0 Å². The Morgan fingerprint density at radius 1 is 1.33 bits per heavy atom. The molecule has 1 aliphatic heterocycles. The second kappa shape index (κ2) is 5.20. The maximum atomic E-state index is 11.4. The molecule has 7 heteroatoms. The van der Waals surface area contributed by atoms with E-state index in [1.165, 1.54) is 6.07 Å². The molecule has 0 unspecified atom stereocenters. The number of fused-ring (bicyclic) bond motifs is 1. The molecule has 2 heterocycles. The lowest BCUT2D eigenvalue weighted by molar-refractivity contribution is -0.384. The van der Waals surface area contributed by atoms with Crippen molar-refractivity contribution in [3.63, 3.8) is 0 Å². The third kappa shape index (κ3) is 2.66. The Morgan fingerprint density at radius 3 is 2.81 bits per heavy atom. The van der Waals surface area contributed by atoms with Gasteiger partial charge in [0.1, 0.15) is 5.69 Å². The molecule has 1 aromatic heterocycles. The summed E-state index contributed by atoms with van der Waals surface area (Å²) in [6, 6.07) is 6.71. The molecule has 7 nitrogen and oxygen atoms in total. The topological polar surface area (TPSA) is 97.2 Å². The number of benzene rings is 1. The van der Waals surface area contributed by atoms with Gasteiger partial charge in [-0.2, -0.15) is 0 Å². The third-order valence-electron chi connectivity index (χ3n) is 3.28. The number of nitrogens with one attached hydrogen (secondary N) is 2. The summed E-state index contributed by atoms with van der Waals surface area (Å²) in [6.07, 6.45) is 3.50. The minimum atomic E-state index is -0.446. The van der Waals surface area contributed by atoms with Crippen LogP contribution in [0.15, 0.2) is 36.7 Å². The molecule has 1 amide bonds. The summed E-state index contributed by atoms with van der Waals surface area (Å²) in [5.74, 6) is -0.148. The molecular formula is C14H12N4O3. The molecule has 0 saturated heterocycles. The van der Waals surface area contributed by atoms with Gasteiger partial charge in [0.25, 0.3) is 5.69 Å². The first-order valence-corrected chi connectivity index (χ1v) is 6.37. The second-order valence-electron chi connectivity index (χ2n) is 4.72. The normalized spacial score (nSPS) is 12.7. The molecule has 0 atom stereocenters. The van der Waals surface area contributed by atoms with E-state index in [4.69, 9.17) is 0 Å². The Hall–Kier alpha value is -2.96. The van der Waals surface area contributed by atoms with Crippen molar-refractivity contribution in [1.29, 1.82) is 0 Å². The van der Waals surface area contributed by atoms with E-state index in [2.05, 4.69) is 15.6 Å². The van der Waals surface area contributed by atoms with Gasteiger partial charge in [-0.15, -0.1) is 0 Å². The van der Waals surface area contributed by atoms with Crippen molar-refractivity contribution in [3.8, 4) is 0 Å². The number of hydrogen-bond donors (Lipinski definition) is 2. The summed E-state index contributed by atoms with van der Waals surface area (Å²) >= 11 is 0. The average Bonchev–Trinajstić information content (AvgIpc) is 2.84. The highest BCUT2D eigenvalue weighted by molar-refractivity contribution is 6.00. The number of nitro benzene ring substituents is 1. The summed E-state index contributed by atoms with van der Waals surface area (Å²) in [7, 11) is 0. The van der Waals surface area contributed by atoms with E-state index >= 15 is 0 Å². The monoisotopic (exact) mass is 284 g/mol. The van der Waals surface area contributed by atoms with Crippen LogP contribution in [0.4, 0.5) is 17.1 Å². The minimum Gasteiger partial charge on any atom is -0.375 e. The van der Waals surface area contributed by atoms with Gasteiger partial charge < -0.3 is 10.6 Å². The highest BCUT2D eigenvalue weighted by Crippen LogP contribution is 2.34. The third-order valence-corrected chi connectivity index (χ3v) is 3.28. The van der Waals surface area contributed by atoms with E-state index in [-0.39, 0.29) is 18.0 Å². The maximum Gasteiger partial charge on any atom is 0.292 e. The van der Waals surface area contributed by atoms with Crippen LogP contribution in [0.2, 0.25) is 0 Å². The lowest BCUT2D eigenvalue weighted by Gasteiger charge is -2.09. The van der Waals surface area contributed by atoms with Gasteiger partial charge in [0.15, 0.2) is 0 Å². The van der Waals surface area contributed by atoms with E-state index in [9.17, 15) is 14.9 Å². The van der Waals surface area contributed by atoms with Crippen LogP contribution in [0.1, 0.15) is 11.1 Å². The Kier molecular flexibility index (Phi) is 3.23. The number of carbonyl (C=O) groups excluding carboxylic acids is 1. The average molecular weight is 284 g/mol. The molecule has 2 N–H and O–H groups in total. The first-order valence-electron chi connectivity index (χ1n) is 6.37. The quantitative estimate of drug-likeness (QED) is 0.662. The van der Waals surface area contributed by atoms with Gasteiger partial charge in [-0.3, -0.25) is 19.9 Å². The number of nitrogens with zero attached hydrogens (tertiary/aromatic N) is 2. The second-order valence-corrected chi connectivity index (χ2v) is 4.72. The Bertz CT molecular complexity index is 716. The van der Waals surface area contributed by atoms with Crippen LogP contribution >= 0.6 is 0 Å². The van der Waals surface area contributed by atoms with Crippen LogP contribution in [-0.2, 0) is 17.8 Å². The molecule has 0 radical (unpaired) electrons. The van der Waals surface area contributed by atoms with Crippen molar-refractivity contribution in [1.82, 2.24) is 4.98 Å². The highest BCUT2D eigenvalue weighted by Gasteiger charge is 2.24. The molecule has 1 aliphatic rings.